The zero-order valence-corrected chi connectivity index (χ0v) is 19.0. The summed E-state index contributed by atoms with van der Waals surface area (Å²) in [5.74, 6) is 2.63. The van der Waals surface area contributed by atoms with Gasteiger partial charge in [-0.15, -0.1) is 11.3 Å². The number of carbonyl (C=O) groups is 2. The molecule has 1 unspecified atom stereocenters. The van der Waals surface area contributed by atoms with E-state index in [4.69, 9.17) is 24.5 Å². The Hall–Kier alpha value is -2.68. The molecule has 0 radical (unpaired) electrons. The number of amides is 1. The summed E-state index contributed by atoms with van der Waals surface area (Å²) < 4.78 is 5.68. The van der Waals surface area contributed by atoms with Crippen LogP contribution in [0, 0.1) is 5.92 Å². The van der Waals surface area contributed by atoms with Gasteiger partial charge in [0.2, 0.25) is 0 Å². The van der Waals surface area contributed by atoms with E-state index < -0.39 is 6.16 Å². The molecular weight excluding hydrogens is 430 g/mol. The van der Waals surface area contributed by atoms with Crippen LogP contribution < -0.4 is 5.32 Å². The van der Waals surface area contributed by atoms with E-state index in [0.29, 0.717) is 11.8 Å². The fourth-order valence-electron chi connectivity index (χ4n) is 4.39. The summed E-state index contributed by atoms with van der Waals surface area (Å²) >= 11 is 1.71. The molecule has 5 rings (SSSR count). The molecule has 3 N–H and O–H groups in total. The molecule has 1 saturated carbocycles. The van der Waals surface area contributed by atoms with E-state index in [9.17, 15) is 4.79 Å². The van der Waals surface area contributed by atoms with Crippen LogP contribution in [-0.2, 0) is 17.6 Å². The molecule has 1 amide bonds. The lowest BCUT2D eigenvalue weighted by atomic mass is 9.85. The number of hydrogen-bond donors (Lipinski definition) is 3. The molecule has 2 aromatic rings. The maximum Gasteiger partial charge on any atom is 0.503 e. The van der Waals surface area contributed by atoms with E-state index in [1.807, 2.05) is 0 Å². The van der Waals surface area contributed by atoms with Gasteiger partial charge in [-0.25, -0.2) is 4.79 Å². The molecule has 2 aromatic heterocycles. The third-order valence-electron chi connectivity index (χ3n) is 6.35. The van der Waals surface area contributed by atoms with Crippen LogP contribution >= 0.6 is 11.3 Å². The molecule has 8 nitrogen and oxygen atoms in total. The second kappa shape index (κ2) is 9.85. The number of hydrogen-bond acceptors (Lipinski definition) is 6. The predicted octanol–water partition coefficient (Wildman–Crippen LogP) is 5.85. The number of aromatic nitrogens is 2. The van der Waals surface area contributed by atoms with Crippen molar-refractivity contribution >= 4 is 28.4 Å². The fourth-order valence-corrected chi connectivity index (χ4v) is 5.74. The van der Waals surface area contributed by atoms with E-state index in [2.05, 4.69) is 23.5 Å². The Balaban J connectivity index is 0.000000567. The highest BCUT2D eigenvalue weighted by atomic mass is 32.1. The minimum atomic E-state index is -1.83. The minimum Gasteiger partial charge on any atom is -0.450 e. The van der Waals surface area contributed by atoms with Gasteiger partial charge in [-0.1, -0.05) is 24.6 Å². The number of carbonyl (C=O) groups excluding carboxylic acids is 1. The number of rotatable bonds is 5. The molecule has 3 aliphatic carbocycles. The Morgan fingerprint density at radius 3 is 2.66 bits per heavy atom. The van der Waals surface area contributed by atoms with Crippen molar-refractivity contribution < 1.29 is 24.3 Å². The summed E-state index contributed by atoms with van der Waals surface area (Å²) in [6, 6.07) is 0. The number of fused-ring (bicyclic) bond motifs is 1. The zero-order chi connectivity index (χ0) is 22.7. The summed E-state index contributed by atoms with van der Waals surface area (Å²) in [6.45, 7) is 2.27. The lowest BCUT2D eigenvalue weighted by Crippen LogP contribution is -2.15. The van der Waals surface area contributed by atoms with Gasteiger partial charge in [-0.2, -0.15) is 4.98 Å². The van der Waals surface area contributed by atoms with Gasteiger partial charge < -0.3 is 20.1 Å². The molecule has 3 aliphatic rings. The third-order valence-corrected chi connectivity index (χ3v) is 7.52. The second-order valence-electron chi connectivity index (χ2n) is 8.67. The van der Waals surface area contributed by atoms with E-state index in [0.717, 1.165) is 72.8 Å². The van der Waals surface area contributed by atoms with Crippen LogP contribution in [0.1, 0.15) is 80.5 Å². The van der Waals surface area contributed by atoms with Crippen LogP contribution in [0.25, 0.3) is 11.5 Å². The minimum absolute atomic E-state index is 0.0357. The molecule has 0 aromatic carbocycles. The molecule has 1 atom stereocenters. The van der Waals surface area contributed by atoms with Crippen LogP contribution in [0.2, 0.25) is 0 Å². The van der Waals surface area contributed by atoms with Crippen molar-refractivity contribution in [2.24, 2.45) is 5.92 Å². The zero-order valence-electron chi connectivity index (χ0n) is 18.2. The highest BCUT2D eigenvalue weighted by Gasteiger charge is 2.33. The highest BCUT2D eigenvalue weighted by Crippen LogP contribution is 2.46. The van der Waals surface area contributed by atoms with Crippen molar-refractivity contribution in [2.45, 2.75) is 77.0 Å². The van der Waals surface area contributed by atoms with Gasteiger partial charge >= 0.3 is 6.16 Å². The first-order chi connectivity index (χ1) is 15.5. The topological polar surface area (TPSA) is 126 Å². The molecule has 0 saturated heterocycles. The first-order valence-corrected chi connectivity index (χ1v) is 12.2. The third kappa shape index (κ3) is 5.20. The first-order valence-electron chi connectivity index (χ1n) is 11.4. The molecule has 0 aliphatic heterocycles. The fraction of sp³-hybridized carbons (Fsp3) is 0.565. The maximum absolute atomic E-state index is 12.9. The molecule has 0 spiro atoms. The van der Waals surface area contributed by atoms with Crippen LogP contribution in [-0.4, -0.2) is 32.4 Å². The van der Waals surface area contributed by atoms with Crippen molar-refractivity contribution in [3.05, 3.63) is 27.9 Å². The summed E-state index contributed by atoms with van der Waals surface area (Å²) in [5, 5.41) is 22.3. The quantitative estimate of drug-likeness (QED) is 0.512. The van der Waals surface area contributed by atoms with Crippen molar-refractivity contribution in [3.63, 3.8) is 0 Å². The largest absolute Gasteiger partial charge is 0.503 e. The van der Waals surface area contributed by atoms with E-state index in [-0.39, 0.29) is 5.91 Å². The normalized spacial score (nSPS) is 19.9. The molecular formula is C23H29N3O5S. The molecule has 2 heterocycles. The van der Waals surface area contributed by atoms with Gasteiger partial charge in [0.1, 0.15) is 5.00 Å². The monoisotopic (exact) mass is 459 g/mol. The molecule has 0 bridgehead atoms. The Labute approximate surface area is 190 Å². The van der Waals surface area contributed by atoms with Crippen molar-refractivity contribution in [2.75, 3.05) is 5.32 Å². The number of allylic oxidation sites excluding steroid dienone is 1. The SMILES string of the molecule is CCC1CCc2c(sc(NC(=O)C3=CCCCC3)c2-c2nc(C3CC3)no2)C1.O=C(O)O. The van der Waals surface area contributed by atoms with E-state index in [1.54, 1.807) is 11.3 Å². The summed E-state index contributed by atoms with van der Waals surface area (Å²) in [4.78, 5) is 27.5. The number of nitrogens with zero attached hydrogens (tertiary/aromatic N) is 2. The Morgan fingerprint density at radius 1 is 1.22 bits per heavy atom. The van der Waals surface area contributed by atoms with Crippen LogP contribution in [0.15, 0.2) is 16.2 Å². The van der Waals surface area contributed by atoms with E-state index in [1.165, 1.54) is 29.7 Å². The van der Waals surface area contributed by atoms with Gasteiger partial charge in [0, 0.05) is 16.4 Å². The Kier molecular flexibility index (Phi) is 6.93. The van der Waals surface area contributed by atoms with Gasteiger partial charge in [0.25, 0.3) is 11.8 Å². The maximum atomic E-state index is 12.9. The molecule has 9 heteroatoms. The highest BCUT2D eigenvalue weighted by molar-refractivity contribution is 7.17. The van der Waals surface area contributed by atoms with E-state index >= 15 is 0 Å². The first kappa shape index (κ1) is 22.5. The number of thiophene rings is 1. The summed E-state index contributed by atoms with van der Waals surface area (Å²) in [6.07, 6.45) is 11.2. The predicted molar refractivity (Wildman–Crippen MR) is 121 cm³/mol. The standard InChI is InChI=1S/C22H27N3O2S.CH2O3/c1-2-13-8-11-16-17(12-13)28-22(24-20(26)15-6-4-3-5-7-15)18(16)21-23-19(25-27-21)14-9-10-14;2-1(3)4/h6,13-14H,2-5,7-12H2,1H3,(H,24,26);(H2,2,3,4). The van der Waals surface area contributed by atoms with Gasteiger partial charge in [-0.3, -0.25) is 4.79 Å². The number of carboxylic acid groups (broad SMARTS) is 2. The van der Waals surface area contributed by atoms with Crippen LogP contribution in [0.5, 0.6) is 0 Å². The van der Waals surface area contributed by atoms with Gasteiger partial charge in [0.05, 0.1) is 5.56 Å². The summed E-state index contributed by atoms with van der Waals surface area (Å²) in [5.41, 5.74) is 3.21. The number of nitrogens with one attached hydrogen (secondary N) is 1. The Morgan fingerprint density at radius 2 is 2.00 bits per heavy atom. The van der Waals surface area contributed by atoms with Crippen molar-refractivity contribution in [1.29, 1.82) is 0 Å². The second-order valence-corrected chi connectivity index (χ2v) is 9.77. The van der Waals surface area contributed by atoms with Gasteiger partial charge in [0.15, 0.2) is 5.82 Å². The molecule has 32 heavy (non-hydrogen) atoms. The van der Waals surface area contributed by atoms with Crippen LogP contribution in [0.4, 0.5) is 9.80 Å². The molecule has 1 fully saturated rings. The number of anilines is 1. The molecule has 172 valence electrons. The van der Waals surface area contributed by atoms with Gasteiger partial charge in [-0.05, 0) is 69.3 Å². The van der Waals surface area contributed by atoms with Crippen molar-refractivity contribution in [1.82, 2.24) is 10.1 Å². The average molecular weight is 460 g/mol. The van der Waals surface area contributed by atoms with Crippen LogP contribution in [0.3, 0.4) is 0 Å². The smallest absolute Gasteiger partial charge is 0.450 e. The summed E-state index contributed by atoms with van der Waals surface area (Å²) in [7, 11) is 0. The lowest BCUT2D eigenvalue weighted by molar-refractivity contribution is -0.113. The Bertz CT molecular complexity index is 1020. The average Bonchev–Trinajstić information content (AvgIpc) is 3.41. The van der Waals surface area contributed by atoms with Crippen molar-refractivity contribution in [3.8, 4) is 11.5 Å². The lowest BCUT2D eigenvalue weighted by Gasteiger charge is -2.20.